The minimum Gasteiger partial charge on any atom is -0.465 e. The number of hydrogen-bond donors (Lipinski definition) is 2. The van der Waals surface area contributed by atoms with Crippen LogP contribution in [0, 0.1) is 20.8 Å². The number of carbonyl (C=O) groups excluding carboxylic acids is 1. The highest BCUT2D eigenvalue weighted by atomic mass is 16.5. The summed E-state index contributed by atoms with van der Waals surface area (Å²) in [5.41, 5.74) is 2.93. The number of furan rings is 1. The molecule has 0 aromatic carbocycles. The van der Waals surface area contributed by atoms with Gasteiger partial charge in [0.25, 0.3) is 5.56 Å². The van der Waals surface area contributed by atoms with Gasteiger partial charge in [0.1, 0.15) is 17.2 Å². The van der Waals surface area contributed by atoms with Crippen LogP contribution in [0.5, 0.6) is 0 Å². The lowest BCUT2D eigenvalue weighted by Crippen LogP contribution is -2.43. The van der Waals surface area contributed by atoms with Gasteiger partial charge >= 0.3 is 0 Å². The molecule has 0 bridgehead atoms. The highest BCUT2D eigenvalue weighted by Crippen LogP contribution is 2.24. The molecule has 0 aliphatic carbocycles. The Kier molecular flexibility index (Phi) is 6.48. The monoisotopic (exact) mass is 441 g/mol. The van der Waals surface area contributed by atoms with Gasteiger partial charge in [-0.1, -0.05) is 0 Å². The zero-order valence-corrected chi connectivity index (χ0v) is 19.2. The summed E-state index contributed by atoms with van der Waals surface area (Å²) in [6.45, 7) is 9.13. The third-order valence-electron chi connectivity index (χ3n) is 6.23. The van der Waals surface area contributed by atoms with Crippen molar-refractivity contribution in [2.45, 2.75) is 39.7 Å². The molecule has 4 heterocycles. The normalized spacial score (nSPS) is 15.9. The van der Waals surface area contributed by atoms with E-state index in [1.54, 1.807) is 4.68 Å². The largest absolute Gasteiger partial charge is 0.465 e. The minimum atomic E-state index is -0.164. The molecule has 1 amide bonds. The molecule has 1 fully saturated rings. The van der Waals surface area contributed by atoms with Crippen LogP contribution in [0.2, 0.25) is 0 Å². The average Bonchev–Trinajstić information content (AvgIpc) is 3.31. The lowest BCUT2D eigenvalue weighted by Gasteiger charge is -2.33. The number of aromatic amines is 1. The molecule has 0 radical (unpaired) electrons. The third-order valence-corrected chi connectivity index (χ3v) is 6.23. The van der Waals surface area contributed by atoms with E-state index in [9.17, 15) is 9.59 Å². The molecule has 1 atom stereocenters. The second kappa shape index (κ2) is 9.30. The Morgan fingerprint density at radius 1 is 1.25 bits per heavy atom. The van der Waals surface area contributed by atoms with Crippen LogP contribution in [0.3, 0.4) is 0 Å². The van der Waals surface area contributed by atoms with Gasteiger partial charge in [-0.2, -0.15) is 5.10 Å². The maximum Gasteiger partial charge on any atom is 0.253 e. The second-order valence-corrected chi connectivity index (χ2v) is 8.41. The van der Waals surface area contributed by atoms with Gasteiger partial charge in [-0.05, 0) is 44.9 Å². The molecule has 1 saturated heterocycles. The van der Waals surface area contributed by atoms with Crippen molar-refractivity contribution in [2.24, 2.45) is 7.05 Å². The Morgan fingerprint density at radius 2 is 2.00 bits per heavy atom. The highest BCUT2D eigenvalue weighted by molar-refractivity contribution is 5.83. The maximum absolute atomic E-state index is 12.7. The van der Waals surface area contributed by atoms with Crippen molar-refractivity contribution in [1.82, 2.24) is 25.0 Å². The number of fused-ring (bicyclic) bond motifs is 1. The molecule has 1 aliphatic heterocycles. The van der Waals surface area contributed by atoms with Gasteiger partial charge in [0, 0.05) is 44.1 Å². The lowest BCUT2D eigenvalue weighted by molar-refractivity contribution is -0.121. The van der Waals surface area contributed by atoms with E-state index >= 15 is 0 Å². The Balaban J connectivity index is 1.43. The van der Waals surface area contributed by atoms with E-state index in [2.05, 4.69) is 20.3 Å². The van der Waals surface area contributed by atoms with E-state index in [1.807, 2.05) is 40.0 Å². The maximum atomic E-state index is 12.7. The molecular weight excluding hydrogens is 410 g/mol. The van der Waals surface area contributed by atoms with Crippen molar-refractivity contribution in [1.29, 1.82) is 0 Å². The summed E-state index contributed by atoms with van der Waals surface area (Å²) in [4.78, 5) is 30.5. The van der Waals surface area contributed by atoms with Crippen molar-refractivity contribution in [3.05, 3.63) is 50.8 Å². The van der Waals surface area contributed by atoms with Crippen LogP contribution in [0.4, 0.5) is 0 Å². The summed E-state index contributed by atoms with van der Waals surface area (Å²) < 4.78 is 13.0. The van der Waals surface area contributed by atoms with E-state index in [4.69, 9.17) is 9.15 Å². The zero-order valence-electron chi connectivity index (χ0n) is 19.2. The topological polar surface area (TPSA) is 105 Å². The van der Waals surface area contributed by atoms with Gasteiger partial charge < -0.3 is 19.5 Å². The number of nitrogens with zero attached hydrogens (tertiary/aromatic N) is 3. The van der Waals surface area contributed by atoms with Crippen LogP contribution in [0.25, 0.3) is 11.0 Å². The number of ether oxygens (including phenoxy) is 1. The van der Waals surface area contributed by atoms with Crippen LogP contribution < -0.4 is 10.9 Å². The molecule has 9 nitrogen and oxygen atoms in total. The summed E-state index contributed by atoms with van der Waals surface area (Å²) in [5.74, 6) is 1.60. The van der Waals surface area contributed by atoms with Crippen molar-refractivity contribution in [3.8, 4) is 0 Å². The van der Waals surface area contributed by atoms with Crippen molar-refractivity contribution in [3.63, 3.8) is 0 Å². The molecule has 1 unspecified atom stereocenters. The fraction of sp³-hybridized carbons (Fsp3) is 0.522. The SMILES string of the molecule is Cc1ccc(C(CNC(=O)CCc2c(C)c3c(C)nn(C)c3[nH]c2=O)N2CCOCC2)o1. The van der Waals surface area contributed by atoms with Gasteiger partial charge in [-0.25, -0.2) is 0 Å². The first-order valence-electron chi connectivity index (χ1n) is 11.0. The Bertz CT molecular complexity index is 1170. The van der Waals surface area contributed by atoms with Crippen LogP contribution >= 0.6 is 0 Å². The number of morpholine rings is 1. The summed E-state index contributed by atoms with van der Waals surface area (Å²) in [7, 11) is 1.81. The first-order chi connectivity index (χ1) is 15.3. The van der Waals surface area contributed by atoms with Gasteiger partial charge in [-0.15, -0.1) is 0 Å². The Morgan fingerprint density at radius 3 is 2.69 bits per heavy atom. The standard InChI is InChI=1S/C23H31N5O4/c1-14-5-7-19(32-14)18(28-9-11-31-12-10-28)13-24-20(29)8-6-17-15(2)21-16(3)26-27(4)22(21)25-23(17)30/h5,7,18H,6,8-13H2,1-4H3,(H,24,29)(H,25,30). The summed E-state index contributed by atoms with van der Waals surface area (Å²) in [5, 5.41) is 8.38. The van der Waals surface area contributed by atoms with Gasteiger partial charge in [-0.3, -0.25) is 19.2 Å². The molecule has 32 heavy (non-hydrogen) atoms. The van der Waals surface area contributed by atoms with Crippen molar-refractivity contribution >= 4 is 16.9 Å². The Hall–Kier alpha value is -2.91. The summed E-state index contributed by atoms with van der Waals surface area (Å²) in [6.07, 6.45) is 0.612. The van der Waals surface area contributed by atoms with Crippen LogP contribution in [0.15, 0.2) is 21.3 Å². The van der Waals surface area contributed by atoms with E-state index in [1.165, 1.54) is 0 Å². The first-order valence-corrected chi connectivity index (χ1v) is 11.0. The Labute approximate surface area is 186 Å². The number of H-pyrrole nitrogens is 1. The smallest absolute Gasteiger partial charge is 0.253 e. The predicted octanol–water partition coefficient (Wildman–Crippen LogP) is 1.90. The van der Waals surface area contributed by atoms with E-state index in [-0.39, 0.29) is 23.9 Å². The molecule has 4 rings (SSSR count). The number of aromatic nitrogens is 3. The van der Waals surface area contributed by atoms with Gasteiger partial charge in [0.15, 0.2) is 0 Å². The van der Waals surface area contributed by atoms with Crippen molar-refractivity contribution in [2.75, 3.05) is 32.8 Å². The summed E-state index contributed by atoms with van der Waals surface area (Å²) in [6, 6.07) is 3.86. The number of aryl methyl sites for hydroxylation is 4. The molecule has 3 aromatic heterocycles. The molecule has 0 saturated carbocycles. The number of rotatable bonds is 7. The number of carbonyl (C=O) groups is 1. The molecule has 172 valence electrons. The highest BCUT2D eigenvalue weighted by Gasteiger charge is 2.26. The number of nitrogens with one attached hydrogen (secondary N) is 2. The van der Waals surface area contributed by atoms with E-state index < -0.39 is 0 Å². The zero-order chi connectivity index (χ0) is 22.8. The number of hydrogen-bond acceptors (Lipinski definition) is 6. The number of amides is 1. The molecule has 3 aromatic rings. The third kappa shape index (κ3) is 4.49. The molecule has 0 spiro atoms. The predicted molar refractivity (Wildman–Crippen MR) is 121 cm³/mol. The van der Waals surface area contributed by atoms with Crippen LogP contribution in [-0.4, -0.2) is 58.4 Å². The quantitative estimate of drug-likeness (QED) is 0.580. The second-order valence-electron chi connectivity index (χ2n) is 8.41. The van der Waals surface area contributed by atoms with Crippen LogP contribution in [-0.2, 0) is 23.0 Å². The average molecular weight is 442 g/mol. The van der Waals surface area contributed by atoms with Gasteiger partial charge in [0.05, 0.1) is 24.9 Å². The van der Waals surface area contributed by atoms with Crippen LogP contribution in [0.1, 0.15) is 40.8 Å². The molecule has 1 aliphatic rings. The summed E-state index contributed by atoms with van der Waals surface area (Å²) >= 11 is 0. The van der Waals surface area contributed by atoms with E-state index in [0.29, 0.717) is 37.4 Å². The number of pyridine rings is 1. The fourth-order valence-corrected chi connectivity index (χ4v) is 4.52. The fourth-order valence-electron chi connectivity index (χ4n) is 4.52. The molecule has 9 heteroatoms. The lowest BCUT2D eigenvalue weighted by atomic mass is 10.0. The molecule has 2 N–H and O–H groups in total. The molecular formula is C23H31N5O4. The van der Waals surface area contributed by atoms with Crippen molar-refractivity contribution < 1.29 is 13.9 Å². The van der Waals surface area contributed by atoms with E-state index in [0.717, 1.165) is 41.3 Å². The first kappa shape index (κ1) is 22.3. The van der Waals surface area contributed by atoms with Gasteiger partial charge in [0.2, 0.25) is 5.91 Å². The minimum absolute atomic E-state index is 0.0453.